The molecular weight excluding hydrogens is 196 g/mol. The van der Waals surface area contributed by atoms with Crippen LogP contribution in [-0.2, 0) is 6.54 Å². The lowest BCUT2D eigenvalue weighted by Gasteiger charge is -2.09. The van der Waals surface area contributed by atoms with E-state index in [1.54, 1.807) is 13.0 Å². The third-order valence-electron chi connectivity index (χ3n) is 2.20. The van der Waals surface area contributed by atoms with Crippen LogP contribution in [0.5, 0.6) is 0 Å². The summed E-state index contributed by atoms with van der Waals surface area (Å²) in [5.74, 6) is -0.441. The minimum absolute atomic E-state index is 0.450. The van der Waals surface area contributed by atoms with Crippen LogP contribution in [0, 0.1) is 24.5 Å². The predicted molar refractivity (Wildman–Crippen MR) is 57.6 cm³/mol. The Morgan fingerprint density at radius 2 is 1.87 bits per heavy atom. The van der Waals surface area contributed by atoms with Gasteiger partial charge in [-0.1, -0.05) is 13.8 Å². The van der Waals surface area contributed by atoms with Gasteiger partial charge < -0.3 is 5.32 Å². The maximum Gasteiger partial charge on any atom is 0.130 e. The van der Waals surface area contributed by atoms with E-state index in [0.29, 0.717) is 23.6 Å². The highest BCUT2D eigenvalue weighted by atomic mass is 19.1. The molecule has 0 fully saturated rings. The molecule has 0 atom stereocenters. The average Bonchev–Trinajstić information content (AvgIpc) is 2.13. The maximum atomic E-state index is 13.3. The summed E-state index contributed by atoms with van der Waals surface area (Å²) in [5, 5.41) is 3.13. The van der Waals surface area contributed by atoms with Crippen LogP contribution in [0.25, 0.3) is 0 Å². The first-order valence-electron chi connectivity index (χ1n) is 5.16. The van der Waals surface area contributed by atoms with Crippen LogP contribution in [0.4, 0.5) is 8.78 Å². The highest BCUT2D eigenvalue weighted by Crippen LogP contribution is 2.13. The topological polar surface area (TPSA) is 12.0 Å². The molecule has 0 bridgehead atoms. The minimum atomic E-state index is -0.486. The molecule has 0 aliphatic carbocycles. The maximum absolute atomic E-state index is 13.3. The zero-order valence-electron chi connectivity index (χ0n) is 9.40. The molecule has 0 aliphatic heterocycles. The molecule has 0 spiro atoms. The molecule has 0 saturated heterocycles. The Morgan fingerprint density at radius 3 is 2.47 bits per heavy atom. The molecule has 0 aliphatic rings. The molecule has 1 aromatic carbocycles. The molecule has 0 aromatic heterocycles. The Bertz CT molecular complexity index is 335. The Labute approximate surface area is 89.5 Å². The highest BCUT2D eigenvalue weighted by Gasteiger charge is 2.06. The largest absolute Gasteiger partial charge is 0.312 e. The molecule has 15 heavy (non-hydrogen) atoms. The van der Waals surface area contributed by atoms with Gasteiger partial charge in [-0.2, -0.15) is 0 Å². The second-order valence-electron chi connectivity index (χ2n) is 4.22. The monoisotopic (exact) mass is 213 g/mol. The molecule has 3 heteroatoms. The smallest absolute Gasteiger partial charge is 0.130 e. The van der Waals surface area contributed by atoms with Crippen molar-refractivity contribution in [1.29, 1.82) is 0 Å². The van der Waals surface area contributed by atoms with E-state index in [1.807, 2.05) is 0 Å². The summed E-state index contributed by atoms with van der Waals surface area (Å²) in [5.41, 5.74) is 1.01. The number of benzene rings is 1. The second kappa shape index (κ2) is 5.21. The van der Waals surface area contributed by atoms with Crippen LogP contribution < -0.4 is 5.32 Å². The van der Waals surface area contributed by atoms with Crippen LogP contribution >= 0.6 is 0 Å². The van der Waals surface area contributed by atoms with E-state index in [0.717, 1.165) is 12.6 Å². The number of halogens is 2. The number of rotatable bonds is 4. The van der Waals surface area contributed by atoms with E-state index in [-0.39, 0.29) is 0 Å². The molecule has 0 unspecified atom stereocenters. The van der Waals surface area contributed by atoms with Crippen molar-refractivity contribution in [2.75, 3.05) is 6.54 Å². The van der Waals surface area contributed by atoms with E-state index in [2.05, 4.69) is 19.2 Å². The van der Waals surface area contributed by atoms with Crippen molar-refractivity contribution in [3.63, 3.8) is 0 Å². The molecule has 0 amide bonds. The zero-order valence-corrected chi connectivity index (χ0v) is 9.40. The first-order chi connectivity index (χ1) is 7.00. The number of hydrogen-bond donors (Lipinski definition) is 1. The first kappa shape index (κ1) is 12.1. The lowest BCUT2D eigenvalue weighted by Crippen LogP contribution is -2.19. The summed E-state index contributed by atoms with van der Waals surface area (Å²) in [6, 6.07) is 2.50. The van der Waals surface area contributed by atoms with Crippen molar-refractivity contribution < 1.29 is 8.78 Å². The minimum Gasteiger partial charge on any atom is -0.312 e. The third-order valence-corrected chi connectivity index (χ3v) is 2.20. The van der Waals surface area contributed by atoms with Crippen molar-refractivity contribution in [1.82, 2.24) is 5.32 Å². The standard InChI is InChI=1S/C12H17F2N/c1-8(2)6-15-7-10-4-9(3)11(13)5-12(10)14/h4-5,8,15H,6-7H2,1-3H3. The molecule has 1 rings (SSSR count). The summed E-state index contributed by atoms with van der Waals surface area (Å²) in [7, 11) is 0. The fourth-order valence-corrected chi connectivity index (χ4v) is 1.35. The van der Waals surface area contributed by atoms with Crippen LogP contribution in [-0.4, -0.2) is 6.54 Å². The van der Waals surface area contributed by atoms with Gasteiger partial charge in [0.05, 0.1) is 0 Å². The fraction of sp³-hybridized carbons (Fsp3) is 0.500. The number of nitrogens with one attached hydrogen (secondary N) is 1. The SMILES string of the molecule is Cc1cc(CNCC(C)C)c(F)cc1F. The summed E-state index contributed by atoms with van der Waals surface area (Å²) in [6.45, 7) is 7.08. The van der Waals surface area contributed by atoms with Crippen LogP contribution in [0.1, 0.15) is 25.0 Å². The summed E-state index contributed by atoms with van der Waals surface area (Å²) < 4.78 is 26.2. The summed E-state index contributed by atoms with van der Waals surface area (Å²) in [4.78, 5) is 0. The Balaban J connectivity index is 2.65. The lowest BCUT2D eigenvalue weighted by molar-refractivity contribution is 0.526. The quantitative estimate of drug-likeness (QED) is 0.810. The Hall–Kier alpha value is -0.960. The van der Waals surface area contributed by atoms with Crippen LogP contribution in [0.3, 0.4) is 0 Å². The van der Waals surface area contributed by atoms with E-state index < -0.39 is 11.6 Å². The van der Waals surface area contributed by atoms with Crippen LogP contribution in [0.2, 0.25) is 0 Å². The van der Waals surface area contributed by atoms with E-state index >= 15 is 0 Å². The molecule has 1 aromatic rings. The predicted octanol–water partition coefficient (Wildman–Crippen LogP) is 3.02. The van der Waals surface area contributed by atoms with Gasteiger partial charge in [0.15, 0.2) is 0 Å². The zero-order chi connectivity index (χ0) is 11.4. The lowest BCUT2D eigenvalue weighted by atomic mass is 10.1. The Morgan fingerprint density at radius 1 is 1.20 bits per heavy atom. The molecule has 1 nitrogen and oxygen atoms in total. The van der Waals surface area contributed by atoms with E-state index in [9.17, 15) is 8.78 Å². The van der Waals surface area contributed by atoms with Gasteiger partial charge in [-0.15, -0.1) is 0 Å². The molecule has 0 saturated carbocycles. The van der Waals surface area contributed by atoms with Gasteiger partial charge in [0.1, 0.15) is 11.6 Å². The normalized spacial score (nSPS) is 11.1. The third kappa shape index (κ3) is 3.59. The van der Waals surface area contributed by atoms with Crippen molar-refractivity contribution in [2.45, 2.75) is 27.3 Å². The van der Waals surface area contributed by atoms with Crippen LogP contribution in [0.15, 0.2) is 12.1 Å². The molecule has 1 N–H and O–H groups in total. The average molecular weight is 213 g/mol. The van der Waals surface area contributed by atoms with Crippen molar-refractivity contribution in [2.24, 2.45) is 5.92 Å². The van der Waals surface area contributed by atoms with Gasteiger partial charge in [-0.05, 0) is 31.0 Å². The van der Waals surface area contributed by atoms with Gasteiger partial charge in [0.25, 0.3) is 0 Å². The van der Waals surface area contributed by atoms with Gasteiger partial charge in [-0.25, -0.2) is 8.78 Å². The Kier molecular flexibility index (Phi) is 4.21. The van der Waals surface area contributed by atoms with E-state index in [4.69, 9.17) is 0 Å². The summed E-state index contributed by atoms with van der Waals surface area (Å²) >= 11 is 0. The van der Waals surface area contributed by atoms with Crippen molar-refractivity contribution in [3.05, 3.63) is 34.9 Å². The molecule has 0 radical (unpaired) electrons. The summed E-state index contributed by atoms with van der Waals surface area (Å²) in [6.07, 6.45) is 0. The molecule has 0 heterocycles. The highest BCUT2D eigenvalue weighted by molar-refractivity contribution is 5.25. The van der Waals surface area contributed by atoms with Gasteiger partial charge in [-0.3, -0.25) is 0 Å². The number of hydrogen-bond acceptors (Lipinski definition) is 1. The first-order valence-corrected chi connectivity index (χ1v) is 5.16. The van der Waals surface area contributed by atoms with Gasteiger partial charge >= 0.3 is 0 Å². The molecular formula is C12H17F2N. The number of aryl methyl sites for hydroxylation is 1. The molecule has 84 valence electrons. The fourth-order valence-electron chi connectivity index (χ4n) is 1.35. The van der Waals surface area contributed by atoms with E-state index in [1.165, 1.54) is 0 Å². The van der Waals surface area contributed by atoms with Gasteiger partial charge in [0.2, 0.25) is 0 Å². The second-order valence-corrected chi connectivity index (χ2v) is 4.22. The van der Waals surface area contributed by atoms with Crippen molar-refractivity contribution in [3.8, 4) is 0 Å². The van der Waals surface area contributed by atoms with Gasteiger partial charge in [0, 0.05) is 18.2 Å². The van der Waals surface area contributed by atoms with Crippen molar-refractivity contribution >= 4 is 0 Å².